The number of anilines is 1. The fourth-order valence-electron chi connectivity index (χ4n) is 3.45. The highest BCUT2D eigenvalue weighted by molar-refractivity contribution is 5.93. The number of nitrogens with zero attached hydrogens (tertiary/aromatic N) is 2. The standard InChI is InChI=1S/C26H21F2N3O3/c1-2-34-26(33)22-16-24(31(30-22)23-9-4-3-8-21(23)28)18-6-5-7-20(15-18)29-25(32)14-17-10-12-19(27)13-11-17/h3-13,15-16H,2,14H2,1H3,(H,29,32). The first-order chi connectivity index (χ1) is 16.4. The average molecular weight is 461 g/mol. The molecule has 6 nitrogen and oxygen atoms in total. The van der Waals surface area contributed by atoms with E-state index in [1.807, 2.05) is 0 Å². The average Bonchev–Trinajstić information content (AvgIpc) is 3.27. The third-order valence-electron chi connectivity index (χ3n) is 4.99. The molecule has 0 spiro atoms. The van der Waals surface area contributed by atoms with Gasteiger partial charge in [0.15, 0.2) is 5.69 Å². The van der Waals surface area contributed by atoms with Crippen LogP contribution in [-0.4, -0.2) is 28.3 Å². The molecule has 1 amide bonds. The van der Waals surface area contributed by atoms with Crippen LogP contribution >= 0.6 is 0 Å². The van der Waals surface area contributed by atoms with Crippen molar-refractivity contribution in [3.8, 4) is 16.9 Å². The molecule has 3 aromatic carbocycles. The van der Waals surface area contributed by atoms with Gasteiger partial charge in [-0.2, -0.15) is 5.10 Å². The summed E-state index contributed by atoms with van der Waals surface area (Å²) in [4.78, 5) is 24.8. The maximum Gasteiger partial charge on any atom is 0.358 e. The number of carbonyl (C=O) groups is 2. The lowest BCUT2D eigenvalue weighted by Gasteiger charge is -2.11. The van der Waals surface area contributed by atoms with Gasteiger partial charge in [-0.3, -0.25) is 4.79 Å². The number of halogens is 2. The molecule has 34 heavy (non-hydrogen) atoms. The smallest absolute Gasteiger partial charge is 0.358 e. The van der Waals surface area contributed by atoms with Gasteiger partial charge in [0.2, 0.25) is 5.91 Å². The molecule has 0 radical (unpaired) electrons. The molecule has 8 heteroatoms. The number of nitrogens with one attached hydrogen (secondary N) is 1. The number of hydrogen-bond donors (Lipinski definition) is 1. The molecular weight excluding hydrogens is 440 g/mol. The maximum absolute atomic E-state index is 14.6. The molecule has 0 saturated heterocycles. The number of esters is 1. The fraction of sp³-hybridized carbons (Fsp3) is 0.115. The number of benzene rings is 3. The van der Waals surface area contributed by atoms with Gasteiger partial charge in [0.1, 0.15) is 17.3 Å². The van der Waals surface area contributed by atoms with Crippen LogP contribution in [0, 0.1) is 11.6 Å². The number of amides is 1. The summed E-state index contributed by atoms with van der Waals surface area (Å²) in [5.74, 6) is -1.78. The zero-order valence-electron chi connectivity index (χ0n) is 18.3. The summed E-state index contributed by atoms with van der Waals surface area (Å²) in [5, 5.41) is 7.08. The van der Waals surface area contributed by atoms with E-state index in [0.29, 0.717) is 22.5 Å². The minimum atomic E-state index is -0.623. The van der Waals surface area contributed by atoms with E-state index in [-0.39, 0.29) is 36.1 Å². The highest BCUT2D eigenvalue weighted by Gasteiger charge is 2.19. The normalized spacial score (nSPS) is 10.7. The van der Waals surface area contributed by atoms with Crippen LogP contribution in [0.5, 0.6) is 0 Å². The third-order valence-corrected chi connectivity index (χ3v) is 4.99. The second-order valence-corrected chi connectivity index (χ2v) is 7.43. The summed E-state index contributed by atoms with van der Waals surface area (Å²) in [5.41, 5.74) is 2.42. The van der Waals surface area contributed by atoms with E-state index in [1.54, 1.807) is 61.5 Å². The molecule has 0 unspecified atom stereocenters. The maximum atomic E-state index is 14.6. The number of rotatable bonds is 7. The Hall–Kier alpha value is -4.33. The van der Waals surface area contributed by atoms with E-state index < -0.39 is 11.8 Å². The molecule has 0 aliphatic rings. The Bertz CT molecular complexity index is 1330. The van der Waals surface area contributed by atoms with E-state index in [1.165, 1.54) is 28.9 Å². The van der Waals surface area contributed by atoms with Crippen molar-refractivity contribution in [2.24, 2.45) is 0 Å². The summed E-state index contributed by atoms with van der Waals surface area (Å²) < 4.78 is 34.0. The molecule has 1 aromatic heterocycles. The van der Waals surface area contributed by atoms with Gasteiger partial charge in [-0.15, -0.1) is 0 Å². The van der Waals surface area contributed by atoms with Gasteiger partial charge in [-0.05, 0) is 55.0 Å². The van der Waals surface area contributed by atoms with Crippen molar-refractivity contribution in [3.63, 3.8) is 0 Å². The van der Waals surface area contributed by atoms with Crippen molar-refractivity contribution >= 4 is 17.6 Å². The zero-order valence-corrected chi connectivity index (χ0v) is 18.3. The van der Waals surface area contributed by atoms with E-state index in [4.69, 9.17) is 4.74 Å². The minimum absolute atomic E-state index is 0.0332. The Labute approximate surface area is 194 Å². The van der Waals surface area contributed by atoms with Gasteiger partial charge in [0, 0.05) is 11.3 Å². The molecule has 4 aromatic rings. The van der Waals surface area contributed by atoms with Crippen molar-refractivity contribution in [2.75, 3.05) is 11.9 Å². The predicted molar refractivity (Wildman–Crippen MR) is 124 cm³/mol. The first-order valence-corrected chi connectivity index (χ1v) is 10.6. The third kappa shape index (κ3) is 5.17. The fourth-order valence-corrected chi connectivity index (χ4v) is 3.45. The van der Waals surface area contributed by atoms with Crippen molar-refractivity contribution in [3.05, 3.63) is 102 Å². The van der Waals surface area contributed by atoms with Gasteiger partial charge in [0.25, 0.3) is 0 Å². The van der Waals surface area contributed by atoms with Gasteiger partial charge < -0.3 is 10.1 Å². The lowest BCUT2D eigenvalue weighted by molar-refractivity contribution is -0.115. The van der Waals surface area contributed by atoms with Crippen LogP contribution in [0.1, 0.15) is 23.0 Å². The zero-order chi connectivity index (χ0) is 24.1. The van der Waals surface area contributed by atoms with E-state index in [9.17, 15) is 18.4 Å². The molecule has 0 aliphatic carbocycles. The quantitative estimate of drug-likeness (QED) is 0.385. The van der Waals surface area contributed by atoms with Gasteiger partial charge in [-0.1, -0.05) is 36.4 Å². The largest absolute Gasteiger partial charge is 0.461 e. The highest BCUT2D eigenvalue weighted by Crippen LogP contribution is 2.28. The number of carbonyl (C=O) groups excluding carboxylic acids is 2. The molecular formula is C26H21F2N3O3. The monoisotopic (exact) mass is 461 g/mol. The summed E-state index contributed by atoms with van der Waals surface area (Å²) >= 11 is 0. The first-order valence-electron chi connectivity index (χ1n) is 10.6. The highest BCUT2D eigenvalue weighted by atomic mass is 19.1. The Balaban J connectivity index is 1.65. The topological polar surface area (TPSA) is 73.2 Å². The molecule has 1 N–H and O–H groups in total. The molecule has 0 atom stereocenters. The number of para-hydroxylation sites is 1. The van der Waals surface area contributed by atoms with Crippen molar-refractivity contribution in [2.45, 2.75) is 13.3 Å². The molecule has 0 bridgehead atoms. The second kappa shape index (κ2) is 10.1. The van der Waals surface area contributed by atoms with Crippen LogP contribution in [-0.2, 0) is 16.0 Å². The Morgan fingerprint density at radius 3 is 2.47 bits per heavy atom. The lowest BCUT2D eigenvalue weighted by atomic mass is 10.1. The predicted octanol–water partition coefficient (Wildman–Crippen LogP) is 5.18. The Kier molecular flexibility index (Phi) is 6.77. The molecule has 0 fully saturated rings. The van der Waals surface area contributed by atoms with Crippen molar-refractivity contribution < 1.29 is 23.1 Å². The van der Waals surface area contributed by atoms with E-state index in [2.05, 4.69) is 10.4 Å². The number of aromatic nitrogens is 2. The van der Waals surface area contributed by atoms with Crippen LogP contribution in [0.25, 0.3) is 16.9 Å². The lowest BCUT2D eigenvalue weighted by Crippen LogP contribution is -2.14. The van der Waals surface area contributed by atoms with Crippen molar-refractivity contribution in [1.29, 1.82) is 0 Å². The molecule has 172 valence electrons. The van der Waals surface area contributed by atoms with Crippen LogP contribution < -0.4 is 5.32 Å². The van der Waals surface area contributed by atoms with Crippen LogP contribution in [0.3, 0.4) is 0 Å². The van der Waals surface area contributed by atoms with E-state index in [0.717, 1.165) is 0 Å². The van der Waals surface area contributed by atoms with Crippen LogP contribution in [0.15, 0.2) is 78.9 Å². The molecule has 4 rings (SSSR count). The Morgan fingerprint density at radius 2 is 1.74 bits per heavy atom. The second-order valence-electron chi connectivity index (χ2n) is 7.43. The van der Waals surface area contributed by atoms with E-state index >= 15 is 0 Å². The van der Waals surface area contributed by atoms with Gasteiger partial charge in [0.05, 0.1) is 18.7 Å². The summed E-state index contributed by atoms with van der Waals surface area (Å²) in [6, 6.07) is 20.2. The first kappa shape index (κ1) is 22.8. The minimum Gasteiger partial charge on any atom is -0.461 e. The summed E-state index contributed by atoms with van der Waals surface area (Å²) in [7, 11) is 0. The molecule has 1 heterocycles. The van der Waals surface area contributed by atoms with Gasteiger partial charge >= 0.3 is 5.97 Å². The van der Waals surface area contributed by atoms with Crippen molar-refractivity contribution in [1.82, 2.24) is 9.78 Å². The number of hydrogen-bond acceptors (Lipinski definition) is 4. The van der Waals surface area contributed by atoms with Crippen LogP contribution in [0.2, 0.25) is 0 Å². The Morgan fingerprint density at radius 1 is 0.971 bits per heavy atom. The van der Waals surface area contributed by atoms with Gasteiger partial charge in [-0.25, -0.2) is 18.3 Å². The molecule has 0 aliphatic heterocycles. The summed E-state index contributed by atoms with van der Waals surface area (Å²) in [6.45, 7) is 1.86. The molecule has 0 saturated carbocycles. The summed E-state index contributed by atoms with van der Waals surface area (Å²) in [6.07, 6.45) is 0.0741. The SMILES string of the molecule is CCOC(=O)c1cc(-c2cccc(NC(=O)Cc3ccc(F)cc3)c2)n(-c2ccccc2F)n1. The van der Waals surface area contributed by atoms with Crippen LogP contribution in [0.4, 0.5) is 14.5 Å². The number of ether oxygens (including phenoxy) is 1.